The van der Waals surface area contributed by atoms with Crippen LogP contribution in [-0.4, -0.2) is 25.5 Å². The smallest absolute Gasteiger partial charge is 0.224 e. The molecule has 14 heavy (non-hydrogen) atoms. The number of piperidine rings is 1. The minimum atomic E-state index is 0.178. The van der Waals surface area contributed by atoms with Gasteiger partial charge in [-0.05, 0) is 24.8 Å². The van der Waals surface area contributed by atoms with Crippen molar-refractivity contribution < 1.29 is 4.79 Å². The number of amides is 1. The highest BCUT2D eigenvalue weighted by atomic mass is 16.1. The van der Waals surface area contributed by atoms with Crippen molar-refractivity contribution in [2.24, 2.45) is 17.8 Å². The molecular formula is C11H22N2O. The molecule has 0 spiro atoms. The molecule has 0 aliphatic carbocycles. The maximum absolute atomic E-state index is 11.7. The molecule has 1 aliphatic heterocycles. The molecule has 1 heterocycles. The summed E-state index contributed by atoms with van der Waals surface area (Å²) >= 11 is 0. The van der Waals surface area contributed by atoms with Gasteiger partial charge in [0.1, 0.15) is 0 Å². The number of nitrogens with one attached hydrogen (secondary N) is 2. The quantitative estimate of drug-likeness (QED) is 0.710. The van der Waals surface area contributed by atoms with Crippen LogP contribution in [0.5, 0.6) is 0 Å². The lowest BCUT2D eigenvalue weighted by molar-refractivity contribution is -0.126. The Labute approximate surface area is 86.6 Å². The lowest BCUT2D eigenvalue weighted by atomic mass is 9.91. The second-order valence-electron chi connectivity index (χ2n) is 4.84. The normalized spacial score (nSPS) is 27.7. The number of rotatable bonds is 3. The van der Waals surface area contributed by atoms with E-state index in [0.717, 1.165) is 26.1 Å². The van der Waals surface area contributed by atoms with Crippen molar-refractivity contribution in [1.82, 2.24) is 10.6 Å². The van der Waals surface area contributed by atoms with Crippen LogP contribution in [0.15, 0.2) is 0 Å². The van der Waals surface area contributed by atoms with E-state index in [-0.39, 0.29) is 11.8 Å². The van der Waals surface area contributed by atoms with Crippen LogP contribution in [0.25, 0.3) is 0 Å². The summed E-state index contributed by atoms with van der Waals surface area (Å²) in [6, 6.07) is 0. The molecule has 0 bridgehead atoms. The Bertz CT molecular complexity index is 192. The zero-order valence-electron chi connectivity index (χ0n) is 9.47. The molecule has 1 aliphatic rings. The Balaban J connectivity index is 2.29. The molecule has 2 N–H and O–H groups in total. The molecule has 3 heteroatoms. The second-order valence-corrected chi connectivity index (χ2v) is 4.84. The maximum atomic E-state index is 11.7. The second kappa shape index (κ2) is 5.35. The minimum absolute atomic E-state index is 0.178. The molecule has 0 radical (unpaired) electrons. The zero-order chi connectivity index (χ0) is 10.6. The first kappa shape index (κ1) is 11.5. The van der Waals surface area contributed by atoms with Gasteiger partial charge in [0.15, 0.2) is 0 Å². The topological polar surface area (TPSA) is 41.1 Å². The highest BCUT2D eigenvalue weighted by Gasteiger charge is 2.24. The first-order valence-electron chi connectivity index (χ1n) is 5.58. The molecule has 0 aromatic rings. The Morgan fingerprint density at radius 3 is 2.79 bits per heavy atom. The zero-order valence-corrected chi connectivity index (χ0v) is 9.47. The molecule has 2 atom stereocenters. The van der Waals surface area contributed by atoms with Crippen molar-refractivity contribution in [3.63, 3.8) is 0 Å². The van der Waals surface area contributed by atoms with Gasteiger partial charge in [0.25, 0.3) is 0 Å². The third-order valence-electron chi connectivity index (χ3n) is 2.63. The maximum Gasteiger partial charge on any atom is 0.224 e. The average Bonchev–Trinajstić information content (AvgIpc) is 2.14. The molecule has 1 rings (SSSR count). The first-order valence-corrected chi connectivity index (χ1v) is 5.58. The van der Waals surface area contributed by atoms with E-state index in [0.29, 0.717) is 11.8 Å². The van der Waals surface area contributed by atoms with Crippen molar-refractivity contribution in [3.05, 3.63) is 0 Å². The molecular weight excluding hydrogens is 176 g/mol. The van der Waals surface area contributed by atoms with Gasteiger partial charge in [-0.25, -0.2) is 0 Å². The van der Waals surface area contributed by atoms with Crippen LogP contribution < -0.4 is 10.6 Å². The molecule has 0 aromatic heterocycles. The Kier molecular flexibility index (Phi) is 4.39. The van der Waals surface area contributed by atoms with Crippen molar-refractivity contribution in [2.75, 3.05) is 19.6 Å². The summed E-state index contributed by atoms with van der Waals surface area (Å²) in [4.78, 5) is 11.7. The van der Waals surface area contributed by atoms with Gasteiger partial charge in [0.2, 0.25) is 5.91 Å². The Morgan fingerprint density at radius 2 is 2.21 bits per heavy atom. The van der Waals surface area contributed by atoms with E-state index in [2.05, 4.69) is 31.4 Å². The van der Waals surface area contributed by atoms with E-state index in [1.54, 1.807) is 0 Å². The fourth-order valence-corrected chi connectivity index (χ4v) is 1.81. The van der Waals surface area contributed by atoms with Gasteiger partial charge in [-0.2, -0.15) is 0 Å². The lowest BCUT2D eigenvalue weighted by Gasteiger charge is -2.27. The SMILES string of the molecule is CC(C)CNC(=O)C1CNCC(C)C1. The van der Waals surface area contributed by atoms with E-state index in [1.807, 2.05) is 0 Å². The molecule has 82 valence electrons. The summed E-state index contributed by atoms with van der Waals surface area (Å²) in [7, 11) is 0. The van der Waals surface area contributed by atoms with Crippen LogP contribution in [0.1, 0.15) is 27.2 Å². The van der Waals surface area contributed by atoms with Gasteiger partial charge in [0.05, 0.1) is 5.92 Å². The molecule has 1 amide bonds. The van der Waals surface area contributed by atoms with Gasteiger partial charge >= 0.3 is 0 Å². The molecule has 1 saturated heterocycles. The average molecular weight is 198 g/mol. The highest BCUT2D eigenvalue weighted by Crippen LogP contribution is 2.15. The van der Waals surface area contributed by atoms with Gasteiger partial charge in [0, 0.05) is 13.1 Å². The third-order valence-corrected chi connectivity index (χ3v) is 2.63. The molecule has 0 saturated carbocycles. The van der Waals surface area contributed by atoms with Crippen molar-refractivity contribution in [1.29, 1.82) is 0 Å². The largest absolute Gasteiger partial charge is 0.356 e. The van der Waals surface area contributed by atoms with Crippen molar-refractivity contribution >= 4 is 5.91 Å². The lowest BCUT2D eigenvalue weighted by Crippen LogP contribution is -2.44. The predicted octanol–water partition coefficient (Wildman–Crippen LogP) is 1.00. The summed E-state index contributed by atoms with van der Waals surface area (Å²) in [6.07, 6.45) is 1.02. The van der Waals surface area contributed by atoms with E-state index in [4.69, 9.17) is 0 Å². The van der Waals surface area contributed by atoms with E-state index in [9.17, 15) is 4.79 Å². The van der Waals surface area contributed by atoms with Crippen LogP contribution >= 0.6 is 0 Å². The summed E-state index contributed by atoms with van der Waals surface area (Å²) in [5.74, 6) is 1.56. The minimum Gasteiger partial charge on any atom is -0.356 e. The Hall–Kier alpha value is -0.570. The van der Waals surface area contributed by atoms with Crippen LogP contribution in [0.2, 0.25) is 0 Å². The first-order chi connectivity index (χ1) is 6.59. The van der Waals surface area contributed by atoms with Gasteiger partial charge in [-0.3, -0.25) is 4.79 Å². The molecule has 0 aromatic carbocycles. The van der Waals surface area contributed by atoms with Crippen LogP contribution in [-0.2, 0) is 4.79 Å². The van der Waals surface area contributed by atoms with Gasteiger partial charge < -0.3 is 10.6 Å². The fraction of sp³-hybridized carbons (Fsp3) is 0.909. The monoisotopic (exact) mass is 198 g/mol. The van der Waals surface area contributed by atoms with Crippen molar-refractivity contribution in [3.8, 4) is 0 Å². The molecule has 3 nitrogen and oxygen atoms in total. The predicted molar refractivity (Wildman–Crippen MR) is 58.0 cm³/mol. The number of hydrogen-bond donors (Lipinski definition) is 2. The summed E-state index contributed by atoms with van der Waals surface area (Å²) in [5, 5.41) is 6.29. The van der Waals surface area contributed by atoms with E-state index in [1.165, 1.54) is 0 Å². The molecule has 1 fully saturated rings. The van der Waals surface area contributed by atoms with Gasteiger partial charge in [-0.1, -0.05) is 20.8 Å². The Morgan fingerprint density at radius 1 is 1.50 bits per heavy atom. The highest BCUT2D eigenvalue weighted by molar-refractivity contribution is 5.78. The number of hydrogen-bond acceptors (Lipinski definition) is 2. The van der Waals surface area contributed by atoms with Crippen LogP contribution in [0.3, 0.4) is 0 Å². The van der Waals surface area contributed by atoms with Crippen LogP contribution in [0, 0.1) is 17.8 Å². The summed E-state index contributed by atoms with van der Waals surface area (Å²) < 4.78 is 0. The van der Waals surface area contributed by atoms with Crippen molar-refractivity contribution in [2.45, 2.75) is 27.2 Å². The molecule has 2 unspecified atom stereocenters. The summed E-state index contributed by atoms with van der Waals surface area (Å²) in [5.41, 5.74) is 0. The van der Waals surface area contributed by atoms with E-state index >= 15 is 0 Å². The number of carbonyl (C=O) groups excluding carboxylic acids is 1. The van der Waals surface area contributed by atoms with Crippen LogP contribution in [0.4, 0.5) is 0 Å². The van der Waals surface area contributed by atoms with Gasteiger partial charge in [-0.15, -0.1) is 0 Å². The standard InChI is InChI=1S/C11H22N2O/c1-8(2)5-13-11(14)10-4-9(3)6-12-7-10/h8-10,12H,4-7H2,1-3H3,(H,13,14). The van der Waals surface area contributed by atoms with E-state index < -0.39 is 0 Å². The number of carbonyl (C=O) groups is 1. The fourth-order valence-electron chi connectivity index (χ4n) is 1.81. The summed E-state index contributed by atoms with van der Waals surface area (Å²) in [6.45, 7) is 9.10. The third kappa shape index (κ3) is 3.66.